The number of carbonyl (C=O) groups is 2. The van der Waals surface area contributed by atoms with E-state index in [2.05, 4.69) is 0 Å². The molecule has 1 unspecified atom stereocenters. The Morgan fingerprint density at radius 3 is 2.17 bits per heavy atom. The minimum absolute atomic E-state index is 0.0960. The van der Waals surface area contributed by atoms with E-state index in [-0.39, 0.29) is 22.7 Å². The zero-order chi connectivity index (χ0) is 18.6. The van der Waals surface area contributed by atoms with Gasteiger partial charge in [0.25, 0.3) is 5.69 Å². The topological polar surface area (TPSA) is 124 Å². The van der Waals surface area contributed by atoms with Crippen LogP contribution in [0.15, 0.2) is 18.2 Å². The number of aliphatic carboxylic acids is 1. The zero-order valence-corrected chi connectivity index (χ0v) is 14.5. The monoisotopic (exact) mass is 346 g/mol. The summed E-state index contributed by atoms with van der Waals surface area (Å²) in [7, 11) is 0. The number of halogens is 1. The van der Waals surface area contributed by atoms with Gasteiger partial charge in [-0.3, -0.25) is 19.7 Å². The van der Waals surface area contributed by atoms with Crippen LogP contribution in [0.1, 0.15) is 52.0 Å². The number of hydrogen-bond donors (Lipinski definition) is 2. The lowest BCUT2D eigenvalue weighted by molar-refractivity contribution is -0.385. The van der Waals surface area contributed by atoms with E-state index < -0.39 is 29.1 Å². The van der Waals surface area contributed by atoms with E-state index in [1.807, 2.05) is 27.7 Å². The molecule has 1 aromatic carbocycles. The molecule has 1 rings (SSSR count). The number of carbonyl (C=O) groups excluding carboxylic acids is 1. The van der Waals surface area contributed by atoms with Crippen molar-refractivity contribution in [3.63, 3.8) is 0 Å². The van der Waals surface area contributed by atoms with Crippen molar-refractivity contribution in [1.29, 1.82) is 0 Å². The molecule has 23 heavy (non-hydrogen) atoms. The van der Waals surface area contributed by atoms with Gasteiger partial charge in [-0.05, 0) is 12.1 Å². The number of nitrogens with zero attached hydrogens (tertiary/aromatic N) is 1. The van der Waals surface area contributed by atoms with Gasteiger partial charge in [0.1, 0.15) is 0 Å². The number of benzene rings is 1. The van der Waals surface area contributed by atoms with Crippen LogP contribution in [0.5, 0.6) is 0 Å². The van der Waals surface area contributed by atoms with E-state index in [0.717, 1.165) is 0 Å². The molecule has 0 saturated carbocycles. The third kappa shape index (κ3) is 8.77. The second-order valence-electron chi connectivity index (χ2n) is 3.93. The summed E-state index contributed by atoms with van der Waals surface area (Å²) in [6.45, 7) is 8.00. The van der Waals surface area contributed by atoms with Crippen LogP contribution in [0.3, 0.4) is 0 Å². The maximum atomic E-state index is 11.0. The standard InChI is InChI=1S/C11H11ClN2O5.2C2H6/c12-7-1-2-9(14(18)19)8(5-7)6(3-10(13)15)4-11(16)17;2*1-2/h1-2,5-6H,3-4H2,(H2,13,15)(H,16,17);2*1-2H3. The number of carboxylic acids is 1. The normalized spacial score (nSPS) is 10.3. The SMILES string of the molecule is CC.CC.NC(=O)CC(CC(=O)O)c1cc(Cl)ccc1[N+](=O)[O-]. The van der Waals surface area contributed by atoms with Crippen LogP contribution in [0.4, 0.5) is 5.69 Å². The molecule has 1 atom stereocenters. The van der Waals surface area contributed by atoms with Crippen LogP contribution in [-0.4, -0.2) is 21.9 Å². The number of hydrogen-bond acceptors (Lipinski definition) is 4. The summed E-state index contributed by atoms with van der Waals surface area (Å²) in [6.07, 6.45) is -0.738. The molecule has 8 heteroatoms. The molecule has 0 aromatic heterocycles. The summed E-state index contributed by atoms with van der Waals surface area (Å²) in [5, 5.41) is 19.9. The number of carboxylic acid groups (broad SMARTS) is 1. The number of rotatable bonds is 6. The van der Waals surface area contributed by atoms with Crippen molar-refractivity contribution in [2.45, 2.75) is 46.5 Å². The molecule has 1 amide bonds. The first-order valence-corrected chi connectivity index (χ1v) is 7.63. The smallest absolute Gasteiger partial charge is 0.303 e. The van der Waals surface area contributed by atoms with E-state index in [1.165, 1.54) is 18.2 Å². The van der Waals surface area contributed by atoms with Gasteiger partial charge in [-0.2, -0.15) is 0 Å². The van der Waals surface area contributed by atoms with Crippen molar-refractivity contribution >= 4 is 29.2 Å². The van der Waals surface area contributed by atoms with Gasteiger partial charge in [-0.1, -0.05) is 39.3 Å². The van der Waals surface area contributed by atoms with Crippen LogP contribution in [0, 0.1) is 10.1 Å². The Bertz CT molecular complexity index is 519. The number of nitro groups is 1. The lowest BCUT2D eigenvalue weighted by atomic mass is 9.91. The first-order valence-electron chi connectivity index (χ1n) is 7.25. The summed E-state index contributed by atoms with van der Waals surface area (Å²) < 4.78 is 0. The fourth-order valence-electron chi connectivity index (χ4n) is 1.76. The number of primary amides is 1. The first kappa shape index (κ1) is 23.1. The lowest BCUT2D eigenvalue weighted by Gasteiger charge is -2.14. The van der Waals surface area contributed by atoms with Crippen LogP contribution in [0.2, 0.25) is 5.02 Å². The quantitative estimate of drug-likeness (QED) is 0.599. The molecular formula is C15H23ClN2O5. The van der Waals surface area contributed by atoms with Gasteiger partial charge in [0, 0.05) is 29.0 Å². The second-order valence-corrected chi connectivity index (χ2v) is 4.36. The fourth-order valence-corrected chi connectivity index (χ4v) is 1.94. The molecule has 0 saturated heterocycles. The first-order chi connectivity index (χ1) is 10.8. The zero-order valence-electron chi connectivity index (χ0n) is 13.7. The van der Waals surface area contributed by atoms with Gasteiger partial charge >= 0.3 is 5.97 Å². The van der Waals surface area contributed by atoms with Gasteiger partial charge in [-0.15, -0.1) is 0 Å². The molecule has 0 fully saturated rings. The molecule has 0 aliphatic heterocycles. The second kappa shape index (κ2) is 12.4. The molecule has 3 N–H and O–H groups in total. The van der Waals surface area contributed by atoms with Crippen molar-refractivity contribution in [3.05, 3.63) is 38.9 Å². The molecule has 0 heterocycles. The average molecular weight is 347 g/mol. The summed E-state index contributed by atoms with van der Waals surface area (Å²) in [6, 6.07) is 3.79. The molecule has 1 aromatic rings. The highest BCUT2D eigenvalue weighted by Crippen LogP contribution is 2.33. The highest BCUT2D eigenvalue weighted by Gasteiger charge is 2.26. The molecule has 130 valence electrons. The number of nitrogens with two attached hydrogens (primary N) is 1. The fraction of sp³-hybridized carbons (Fsp3) is 0.467. The van der Waals surface area contributed by atoms with Crippen molar-refractivity contribution in [2.24, 2.45) is 5.73 Å². The molecule has 0 aliphatic rings. The molecule has 0 radical (unpaired) electrons. The maximum Gasteiger partial charge on any atom is 0.303 e. The third-order valence-corrected chi connectivity index (χ3v) is 2.73. The Morgan fingerprint density at radius 1 is 1.26 bits per heavy atom. The summed E-state index contributed by atoms with van der Waals surface area (Å²) >= 11 is 5.75. The number of amides is 1. The largest absolute Gasteiger partial charge is 0.481 e. The van der Waals surface area contributed by atoms with Crippen LogP contribution in [-0.2, 0) is 9.59 Å². The molecule has 0 bridgehead atoms. The van der Waals surface area contributed by atoms with Crippen LogP contribution >= 0.6 is 11.6 Å². The van der Waals surface area contributed by atoms with E-state index in [4.69, 9.17) is 22.4 Å². The predicted molar refractivity (Wildman–Crippen MR) is 89.6 cm³/mol. The van der Waals surface area contributed by atoms with E-state index in [9.17, 15) is 19.7 Å². The van der Waals surface area contributed by atoms with Crippen molar-refractivity contribution in [2.75, 3.05) is 0 Å². The summed E-state index contributed by atoms with van der Waals surface area (Å²) in [5.41, 5.74) is 4.85. The highest BCUT2D eigenvalue weighted by atomic mass is 35.5. The molecule has 0 spiro atoms. The van der Waals surface area contributed by atoms with Gasteiger partial charge in [0.15, 0.2) is 0 Å². The molecule has 0 aliphatic carbocycles. The van der Waals surface area contributed by atoms with E-state index >= 15 is 0 Å². The summed E-state index contributed by atoms with van der Waals surface area (Å²) in [4.78, 5) is 32.0. The van der Waals surface area contributed by atoms with Crippen molar-refractivity contribution in [1.82, 2.24) is 0 Å². The Hall–Kier alpha value is -2.15. The Kier molecular flexibility index (Phi) is 12.5. The van der Waals surface area contributed by atoms with Gasteiger partial charge in [-0.25, -0.2) is 0 Å². The number of nitro benzene ring substituents is 1. The minimum atomic E-state index is -1.18. The average Bonchev–Trinajstić information content (AvgIpc) is 2.49. The van der Waals surface area contributed by atoms with Crippen molar-refractivity contribution < 1.29 is 19.6 Å². The van der Waals surface area contributed by atoms with Gasteiger partial charge in [0.05, 0.1) is 11.3 Å². The Labute approximate surface area is 140 Å². The van der Waals surface area contributed by atoms with Crippen molar-refractivity contribution in [3.8, 4) is 0 Å². The lowest BCUT2D eigenvalue weighted by Crippen LogP contribution is -2.18. The third-order valence-electron chi connectivity index (χ3n) is 2.49. The van der Waals surface area contributed by atoms with Crippen LogP contribution in [0.25, 0.3) is 0 Å². The Morgan fingerprint density at radius 2 is 1.78 bits per heavy atom. The van der Waals surface area contributed by atoms with Crippen LogP contribution < -0.4 is 5.73 Å². The maximum absolute atomic E-state index is 11.0. The highest BCUT2D eigenvalue weighted by molar-refractivity contribution is 6.30. The van der Waals surface area contributed by atoms with E-state index in [0.29, 0.717) is 0 Å². The van der Waals surface area contributed by atoms with E-state index in [1.54, 1.807) is 0 Å². The summed E-state index contributed by atoms with van der Waals surface area (Å²) in [5.74, 6) is -2.80. The molecular weight excluding hydrogens is 324 g/mol. The molecule has 7 nitrogen and oxygen atoms in total. The minimum Gasteiger partial charge on any atom is -0.481 e. The van der Waals surface area contributed by atoms with Gasteiger partial charge < -0.3 is 10.8 Å². The van der Waals surface area contributed by atoms with Gasteiger partial charge in [0.2, 0.25) is 5.91 Å². The predicted octanol–water partition coefficient (Wildman–Crippen LogP) is 3.73. The Balaban J connectivity index is 0.